The zero-order valence-electron chi connectivity index (χ0n) is 17.4. The largest absolute Gasteiger partial charge is 0.464 e. The standard InChI is InChI=1S/C21H29NO6/c1-19(2,3)12-27-17(23)21(18(24)28-13-20(4,5)6)11-16(21)14-7-9-15(10-8-14)22(25)26/h7-10,16H,11-13H2,1-6H3. The number of ether oxygens (including phenoxy) is 2. The number of nitrogens with zero attached hydrogens (tertiary/aromatic N) is 1. The summed E-state index contributed by atoms with van der Waals surface area (Å²) < 4.78 is 10.9. The summed E-state index contributed by atoms with van der Waals surface area (Å²) in [5.74, 6) is -1.59. The number of benzene rings is 1. The number of nitro benzene ring substituents is 1. The topological polar surface area (TPSA) is 95.7 Å². The maximum absolute atomic E-state index is 12.9. The van der Waals surface area contributed by atoms with E-state index in [1.54, 1.807) is 12.1 Å². The highest BCUT2D eigenvalue weighted by molar-refractivity contribution is 6.05. The van der Waals surface area contributed by atoms with E-state index in [9.17, 15) is 19.7 Å². The van der Waals surface area contributed by atoms with Crippen molar-refractivity contribution in [1.29, 1.82) is 0 Å². The third-order valence-electron chi connectivity index (χ3n) is 4.47. The Labute approximate surface area is 165 Å². The van der Waals surface area contributed by atoms with Crippen molar-refractivity contribution < 1.29 is 24.0 Å². The molecule has 2 rings (SSSR count). The first-order valence-corrected chi connectivity index (χ1v) is 9.35. The van der Waals surface area contributed by atoms with E-state index in [1.165, 1.54) is 12.1 Å². The van der Waals surface area contributed by atoms with Crippen LogP contribution in [0.2, 0.25) is 0 Å². The Hall–Kier alpha value is -2.44. The lowest BCUT2D eigenvalue weighted by atomic mass is 9.96. The minimum absolute atomic E-state index is 0.0411. The van der Waals surface area contributed by atoms with Crippen LogP contribution in [0.5, 0.6) is 0 Å². The van der Waals surface area contributed by atoms with E-state index in [0.717, 1.165) is 0 Å². The molecule has 1 aromatic carbocycles. The van der Waals surface area contributed by atoms with Gasteiger partial charge in [0, 0.05) is 18.1 Å². The molecule has 0 saturated heterocycles. The number of non-ortho nitro benzene ring substituents is 1. The van der Waals surface area contributed by atoms with Crippen molar-refractivity contribution in [3.8, 4) is 0 Å². The average molecular weight is 391 g/mol. The zero-order valence-corrected chi connectivity index (χ0v) is 17.4. The van der Waals surface area contributed by atoms with Gasteiger partial charge in [0.2, 0.25) is 0 Å². The summed E-state index contributed by atoms with van der Waals surface area (Å²) in [7, 11) is 0. The molecule has 1 aromatic rings. The molecule has 1 unspecified atom stereocenters. The van der Waals surface area contributed by atoms with Gasteiger partial charge in [-0.2, -0.15) is 0 Å². The summed E-state index contributed by atoms with van der Waals surface area (Å²) in [4.78, 5) is 36.1. The second-order valence-corrected chi connectivity index (χ2v) is 9.85. The normalized spacial score (nSPS) is 18.3. The van der Waals surface area contributed by atoms with Gasteiger partial charge in [0.15, 0.2) is 5.41 Å². The third-order valence-corrected chi connectivity index (χ3v) is 4.47. The highest BCUT2D eigenvalue weighted by Crippen LogP contribution is 2.61. The number of hydrogen-bond acceptors (Lipinski definition) is 6. The minimum atomic E-state index is -1.38. The summed E-state index contributed by atoms with van der Waals surface area (Å²) >= 11 is 0. The Morgan fingerprint density at radius 2 is 1.43 bits per heavy atom. The number of esters is 2. The number of rotatable bonds is 6. The van der Waals surface area contributed by atoms with Gasteiger partial charge in [0.25, 0.3) is 5.69 Å². The number of carbonyl (C=O) groups is 2. The summed E-state index contributed by atoms with van der Waals surface area (Å²) in [6, 6.07) is 5.91. The molecule has 0 spiro atoms. The predicted molar refractivity (Wildman–Crippen MR) is 104 cm³/mol. The molecule has 7 nitrogen and oxygen atoms in total. The van der Waals surface area contributed by atoms with Gasteiger partial charge in [-0.05, 0) is 22.8 Å². The minimum Gasteiger partial charge on any atom is -0.464 e. The van der Waals surface area contributed by atoms with Crippen molar-refractivity contribution in [1.82, 2.24) is 0 Å². The lowest BCUT2D eigenvalue weighted by Gasteiger charge is -2.23. The molecular formula is C21H29NO6. The maximum atomic E-state index is 12.9. The number of carbonyl (C=O) groups excluding carboxylic acids is 2. The van der Waals surface area contributed by atoms with E-state index >= 15 is 0 Å². The van der Waals surface area contributed by atoms with Crippen molar-refractivity contribution in [2.24, 2.45) is 16.2 Å². The molecule has 0 aromatic heterocycles. The summed E-state index contributed by atoms with van der Waals surface area (Å²) in [5.41, 5.74) is -1.20. The molecule has 1 saturated carbocycles. The second kappa shape index (κ2) is 7.53. The van der Waals surface area contributed by atoms with Crippen LogP contribution in [0.25, 0.3) is 0 Å². The molecule has 7 heteroatoms. The van der Waals surface area contributed by atoms with Crippen molar-refractivity contribution in [2.45, 2.75) is 53.9 Å². The number of nitro groups is 1. The van der Waals surface area contributed by atoms with Crippen LogP contribution in [0.15, 0.2) is 24.3 Å². The molecule has 0 radical (unpaired) electrons. The lowest BCUT2D eigenvalue weighted by molar-refractivity contribution is -0.384. The van der Waals surface area contributed by atoms with Crippen molar-refractivity contribution in [3.05, 3.63) is 39.9 Å². The Morgan fingerprint density at radius 1 is 1.00 bits per heavy atom. The number of hydrogen-bond donors (Lipinski definition) is 0. The molecule has 154 valence electrons. The second-order valence-electron chi connectivity index (χ2n) is 9.85. The fraction of sp³-hybridized carbons (Fsp3) is 0.619. The van der Waals surface area contributed by atoms with Crippen molar-refractivity contribution >= 4 is 17.6 Å². The van der Waals surface area contributed by atoms with Crippen LogP contribution in [0.3, 0.4) is 0 Å². The van der Waals surface area contributed by atoms with Gasteiger partial charge in [-0.3, -0.25) is 19.7 Å². The van der Waals surface area contributed by atoms with Gasteiger partial charge in [0.1, 0.15) is 0 Å². The van der Waals surface area contributed by atoms with E-state index in [1.807, 2.05) is 41.5 Å². The molecule has 1 atom stereocenters. The van der Waals surface area contributed by atoms with Crippen molar-refractivity contribution in [3.63, 3.8) is 0 Å². The van der Waals surface area contributed by atoms with Gasteiger partial charge in [0.05, 0.1) is 18.1 Å². The van der Waals surface area contributed by atoms with Crippen LogP contribution < -0.4 is 0 Å². The zero-order chi connectivity index (χ0) is 21.3. The van der Waals surface area contributed by atoms with Crippen LogP contribution in [0.4, 0.5) is 5.69 Å². The van der Waals surface area contributed by atoms with Crippen LogP contribution >= 0.6 is 0 Å². The van der Waals surface area contributed by atoms with Crippen molar-refractivity contribution in [2.75, 3.05) is 13.2 Å². The smallest absolute Gasteiger partial charge is 0.324 e. The van der Waals surface area contributed by atoms with Gasteiger partial charge in [-0.25, -0.2) is 0 Å². The Bertz CT molecular complexity index is 725. The molecule has 1 aliphatic carbocycles. The fourth-order valence-electron chi connectivity index (χ4n) is 2.85. The first kappa shape index (κ1) is 21.9. The summed E-state index contributed by atoms with van der Waals surface area (Å²) in [6.07, 6.45) is 0.275. The first-order valence-electron chi connectivity index (χ1n) is 9.35. The predicted octanol–water partition coefficient (Wildman–Crippen LogP) is 4.25. The van der Waals surface area contributed by atoms with E-state index in [4.69, 9.17) is 9.47 Å². The van der Waals surface area contributed by atoms with Gasteiger partial charge in [-0.15, -0.1) is 0 Å². The lowest BCUT2D eigenvalue weighted by Crippen LogP contribution is -2.35. The molecule has 0 N–H and O–H groups in total. The first-order chi connectivity index (χ1) is 12.8. The van der Waals surface area contributed by atoms with Crippen LogP contribution in [0.1, 0.15) is 59.4 Å². The van der Waals surface area contributed by atoms with Gasteiger partial charge < -0.3 is 9.47 Å². The van der Waals surface area contributed by atoms with Gasteiger partial charge in [-0.1, -0.05) is 53.7 Å². The molecule has 1 aliphatic rings. The van der Waals surface area contributed by atoms with E-state index in [0.29, 0.717) is 5.56 Å². The summed E-state index contributed by atoms with van der Waals surface area (Å²) in [6.45, 7) is 12.0. The van der Waals surface area contributed by atoms with Gasteiger partial charge >= 0.3 is 11.9 Å². The molecule has 0 amide bonds. The molecule has 1 fully saturated rings. The summed E-state index contributed by atoms with van der Waals surface area (Å²) in [5, 5.41) is 10.9. The van der Waals surface area contributed by atoms with E-state index in [2.05, 4.69) is 0 Å². The quantitative estimate of drug-likeness (QED) is 0.311. The molecule has 28 heavy (non-hydrogen) atoms. The maximum Gasteiger partial charge on any atom is 0.324 e. The third kappa shape index (κ3) is 5.09. The van der Waals surface area contributed by atoms with E-state index in [-0.39, 0.29) is 36.2 Å². The van der Waals surface area contributed by atoms with E-state index < -0.39 is 28.2 Å². The Kier molecular flexibility index (Phi) is 5.87. The Balaban J connectivity index is 2.24. The highest BCUT2D eigenvalue weighted by Gasteiger charge is 2.68. The van der Waals surface area contributed by atoms with Crippen LogP contribution in [-0.4, -0.2) is 30.1 Å². The Morgan fingerprint density at radius 3 is 1.79 bits per heavy atom. The fourth-order valence-corrected chi connectivity index (χ4v) is 2.85. The SMILES string of the molecule is CC(C)(C)COC(=O)C1(C(=O)OCC(C)(C)C)CC1c1ccc([N+](=O)[O-])cc1. The molecule has 0 aliphatic heterocycles. The molecule has 0 heterocycles. The monoisotopic (exact) mass is 391 g/mol. The highest BCUT2D eigenvalue weighted by atomic mass is 16.6. The molecular weight excluding hydrogens is 362 g/mol. The van der Waals surface area contributed by atoms with Crippen LogP contribution in [0, 0.1) is 26.4 Å². The average Bonchev–Trinajstić information content (AvgIpc) is 3.33. The van der Waals surface area contributed by atoms with Crippen LogP contribution in [-0.2, 0) is 19.1 Å². The molecule has 0 bridgehead atoms.